The number of hydrogen-bond donors (Lipinski definition) is 2. The molecule has 5 heteroatoms. The molecule has 0 aromatic carbocycles. The number of hydrogen-bond acceptors (Lipinski definition) is 4. The van der Waals surface area contributed by atoms with E-state index in [4.69, 9.17) is 10.5 Å². The van der Waals surface area contributed by atoms with Crippen LogP contribution in [-0.4, -0.2) is 25.2 Å². The zero-order valence-electron chi connectivity index (χ0n) is 7.60. The summed E-state index contributed by atoms with van der Waals surface area (Å²) >= 11 is 1.55. The fourth-order valence-corrected chi connectivity index (χ4v) is 2.00. The molecule has 4 nitrogen and oxygen atoms in total. The molecule has 0 spiro atoms. The molecule has 1 aromatic heterocycles. The Kier molecular flexibility index (Phi) is 2.81. The Morgan fingerprint density at radius 2 is 2.50 bits per heavy atom. The first-order valence-electron chi connectivity index (χ1n) is 4.44. The fraction of sp³-hybridized carbons (Fsp3) is 0.444. The predicted octanol–water partition coefficient (Wildman–Crippen LogP) is 0.660. The van der Waals surface area contributed by atoms with Crippen molar-refractivity contribution in [1.29, 1.82) is 0 Å². The Hall–Kier alpha value is -0.910. The van der Waals surface area contributed by atoms with E-state index in [-0.39, 0.29) is 17.9 Å². The highest BCUT2D eigenvalue weighted by Gasteiger charge is 2.31. The summed E-state index contributed by atoms with van der Waals surface area (Å²) in [6.45, 7) is 0.902. The van der Waals surface area contributed by atoms with Crippen LogP contribution < -0.4 is 11.1 Å². The van der Waals surface area contributed by atoms with Gasteiger partial charge in [0.2, 0.25) is 5.91 Å². The molecule has 1 amide bonds. The van der Waals surface area contributed by atoms with Crippen molar-refractivity contribution in [1.82, 2.24) is 0 Å². The van der Waals surface area contributed by atoms with E-state index in [1.165, 1.54) is 0 Å². The third-order valence-corrected chi connectivity index (χ3v) is 2.93. The second-order valence-electron chi connectivity index (χ2n) is 3.31. The van der Waals surface area contributed by atoms with Crippen LogP contribution in [0.2, 0.25) is 0 Å². The summed E-state index contributed by atoms with van der Waals surface area (Å²) in [5.74, 6) is -0.261. The summed E-state index contributed by atoms with van der Waals surface area (Å²) in [5.41, 5.74) is 6.56. The highest BCUT2D eigenvalue weighted by Crippen LogP contribution is 2.17. The minimum Gasteiger partial charge on any atom is -0.379 e. The van der Waals surface area contributed by atoms with Crippen LogP contribution in [0.1, 0.15) is 0 Å². The number of anilines is 1. The monoisotopic (exact) mass is 212 g/mol. The van der Waals surface area contributed by atoms with Gasteiger partial charge in [-0.1, -0.05) is 0 Å². The first-order chi connectivity index (χ1) is 6.77. The normalized spacial score (nSPS) is 26.4. The van der Waals surface area contributed by atoms with Gasteiger partial charge in [-0.25, -0.2) is 0 Å². The largest absolute Gasteiger partial charge is 0.379 e. The number of nitrogens with one attached hydrogen (secondary N) is 1. The number of carbonyl (C=O) groups excluding carboxylic acids is 1. The van der Waals surface area contributed by atoms with E-state index in [0.29, 0.717) is 13.2 Å². The molecule has 0 bridgehead atoms. The Morgan fingerprint density at radius 1 is 1.64 bits per heavy atom. The Balaban J connectivity index is 1.95. The van der Waals surface area contributed by atoms with Crippen molar-refractivity contribution in [3.63, 3.8) is 0 Å². The highest BCUT2D eigenvalue weighted by atomic mass is 32.1. The summed E-state index contributed by atoms with van der Waals surface area (Å²) < 4.78 is 5.13. The zero-order valence-corrected chi connectivity index (χ0v) is 8.42. The molecule has 2 atom stereocenters. The number of ether oxygens (including phenoxy) is 1. The molecule has 1 aliphatic rings. The SMILES string of the molecule is NC1COCC1C(=O)Nc1ccsc1. The molecular weight excluding hydrogens is 200 g/mol. The standard InChI is InChI=1S/C9H12N2O2S/c10-8-4-13-3-7(8)9(12)11-6-1-2-14-5-6/h1-2,5,7-8H,3-4,10H2,(H,11,12). The van der Waals surface area contributed by atoms with Gasteiger partial charge in [0.05, 0.1) is 24.8 Å². The van der Waals surface area contributed by atoms with Crippen LogP contribution in [0.3, 0.4) is 0 Å². The molecule has 0 aliphatic carbocycles. The van der Waals surface area contributed by atoms with Crippen LogP contribution in [0, 0.1) is 5.92 Å². The van der Waals surface area contributed by atoms with Gasteiger partial charge in [-0.2, -0.15) is 11.3 Å². The zero-order chi connectivity index (χ0) is 9.97. The van der Waals surface area contributed by atoms with Crippen LogP contribution in [-0.2, 0) is 9.53 Å². The van der Waals surface area contributed by atoms with E-state index in [1.807, 2.05) is 16.8 Å². The van der Waals surface area contributed by atoms with Gasteiger partial charge >= 0.3 is 0 Å². The summed E-state index contributed by atoms with van der Waals surface area (Å²) in [6.07, 6.45) is 0. The molecule has 2 rings (SSSR count). The topological polar surface area (TPSA) is 64.3 Å². The maximum absolute atomic E-state index is 11.7. The molecular formula is C9H12N2O2S. The number of amides is 1. The van der Waals surface area contributed by atoms with Crippen molar-refractivity contribution in [2.45, 2.75) is 6.04 Å². The Morgan fingerprint density at radius 3 is 3.07 bits per heavy atom. The molecule has 1 fully saturated rings. The quantitative estimate of drug-likeness (QED) is 0.757. The van der Waals surface area contributed by atoms with Crippen molar-refractivity contribution in [2.24, 2.45) is 11.7 Å². The third kappa shape index (κ3) is 1.95. The Bertz CT molecular complexity index is 313. The maximum Gasteiger partial charge on any atom is 0.231 e. The van der Waals surface area contributed by atoms with Gasteiger partial charge in [0.25, 0.3) is 0 Å². The van der Waals surface area contributed by atoms with Gasteiger partial charge in [0.15, 0.2) is 0 Å². The first-order valence-corrected chi connectivity index (χ1v) is 5.38. The van der Waals surface area contributed by atoms with Crippen LogP contribution in [0.5, 0.6) is 0 Å². The molecule has 76 valence electrons. The highest BCUT2D eigenvalue weighted by molar-refractivity contribution is 7.08. The molecule has 0 radical (unpaired) electrons. The second-order valence-corrected chi connectivity index (χ2v) is 4.09. The summed E-state index contributed by atoms with van der Waals surface area (Å²) in [7, 11) is 0. The number of thiophene rings is 1. The second kappa shape index (κ2) is 4.08. The third-order valence-electron chi connectivity index (χ3n) is 2.25. The number of nitrogens with two attached hydrogens (primary N) is 1. The summed E-state index contributed by atoms with van der Waals surface area (Å²) in [4.78, 5) is 11.7. The minimum absolute atomic E-state index is 0.0478. The van der Waals surface area contributed by atoms with E-state index in [0.717, 1.165) is 5.69 Å². The average molecular weight is 212 g/mol. The van der Waals surface area contributed by atoms with Crippen LogP contribution in [0.15, 0.2) is 16.8 Å². The molecule has 14 heavy (non-hydrogen) atoms. The van der Waals surface area contributed by atoms with Gasteiger partial charge in [-0.15, -0.1) is 0 Å². The lowest BCUT2D eigenvalue weighted by Gasteiger charge is -2.12. The van der Waals surface area contributed by atoms with E-state index in [9.17, 15) is 4.79 Å². The lowest BCUT2D eigenvalue weighted by atomic mass is 10.0. The van der Waals surface area contributed by atoms with Gasteiger partial charge in [-0.05, 0) is 11.4 Å². The van der Waals surface area contributed by atoms with E-state index in [1.54, 1.807) is 11.3 Å². The molecule has 1 aliphatic heterocycles. The summed E-state index contributed by atoms with van der Waals surface area (Å²) in [6, 6.07) is 1.69. The van der Waals surface area contributed by atoms with Gasteiger partial charge in [0, 0.05) is 11.4 Å². The van der Waals surface area contributed by atoms with Crippen molar-refractivity contribution < 1.29 is 9.53 Å². The fourth-order valence-electron chi connectivity index (χ4n) is 1.41. The smallest absolute Gasteiger partial charge is 0.231 e. The Labute approximate surface area is 86.1 Å². The lowest BCUT2D eigenvalue weighted by molar-refractivity contribution is -0.120. The van der Waals surface area contributed by atoms with Gasteiger partial charge in [-0.3, -0.25) is 4.79 Å². The van der Waals surface area contributed by atoms with Crippen molar-refractivity contribution >= 4 is 22.9 Å². The summed E-state index contributed by atoms with van der Waals surface area (Å²) in [5, 5.41) is 6.61. The molecule has 1 aromatic rings. The molecule has 2 unspecified atom stereocenters. The van der Waals surface area contributed by atoms with Crippen LogP contribution >= 0.6 is 11.3 Å². The molecule has 0 saturated carbocycles. The number of carbonyl (C=O) groups is 1. The molecule has 3 N–H and O–H groups in total. The van der Waals surface area contributed by atoms with Gasteiger partial charge < -0.3 is 15.8 Å². The van der Waals surface area contributed by atoms with Crippen molar-refractivity contribution in [3.05, 3.63) is 16.8 Å². The number of rotatable bonds is 2. The molecule has 2 heterocycles. The average Bonchev–Trinajstić information content (AvgIpc) is 2.75. The van der Waals surface area contributed by atoms with E-state index < -0.39 is 0 Å². The van der Waals surface area contributed by atoms with Crippen LogP contribution in [0.25, 0.3) is 0 Å². The first kappa shape index (κ1) is 9.64. The lowest BCUT2D eigenvalue weighted by Crippen LogP contribution is -2.37. The molecule has 1 saturated heterocycles. The van der Waals surface area contributed by atoms with E-state index in [2.05, 4.69) is 5.32 Å². The predicted molar refractivity (Wildman–Crippen MR) is 55.2 cm³/mol. The van der Waals surface area contributed by atoms with Gasteiger partial charge in [0.1, 0.15) is 0 Å². The van der Waals surface area contributed by atoms with E-state index >= 15 is 0 Å². The van der Waals surface area contributed by atoms with Crippen molar-refractivity contribution in [2.75, 3.05) is 18.5 Å². The van der Waals surface area contributed by atoms with Crippen molar-refractivity contribution in [3.8, 4) is 0 Å². The van der Waals surface area contributed by atoms with Crippen LogP contribution in [0.4, 0.5) is 5.69 Å². The minimum atomic E-state index is -0.213. The maximum atomic E-state index is 11.7.